The topological polar surface area (TPSA) is 46.2 Å². The second-order valence-corrected chi connectivity index (χ2v) is 5.30. The summed E-state index contributed by atoms with van der Waals surface area (Å²) < 4.78 is 0. The Bertz CT molecular complexity index is 897. The fourth-order valence-corrected chi connectivity index (χ4v) is 3.18. The highest BCUT2D eigenvalue weighted by atomic mass is 16.3. The van der Waals surface area contributed by atoms with Crippen LogP contribution in [0.2, 0.25) is 0 Å². The number of rotatable bonds is 2. The predicted octanol–water partition coefficient (Wildman–Crippen LogP) is 3.58. The Kier molecular flexibility index (Phi) is 2.43. The summed E-state index contributed by atoms with van der Waals surface area (Å²) >= 11 is 0. The van der Waals surface area contributed by atoms with Crippen molar-refractivity contribution in [2.45, 2.75) is 6.04 Å². The zero-order chi connectivity index (χ0) is 13.7. The number of aliphatic hydroxyl groups is 1. The fraction of sp³-hybridized carbons (Fsp3) is 0.111. The summed E-state index contributed by atoms with van der Waals surface area (Å²) in [6, 6.07) is 18.7. The van der Waals surface area contributed by atoms with Crippen molar-refractivity contribution < 1.29 is 5.11 Å². The fourth-order valence-electron chi connectivity index (χ4n) is 3.18. The smallest absolute Gasteiger partial charge is 0.0624 e. The summed E-state index contributed by atoms with van der Waals surface area (Å²) in [5.74, 6) is 0. The third kappa shape index (κ3) is 1.46. The van der Waals surface area contributed by atoms with E-state index in [1.165, 1.54) is 26.9 Å². The molecule has 0 saturated carbocycles. The molecule has 0 heterocycles. The summed E-state index contributed by atoms with van der Waals surface area (Å²) in [5, 5.41) is 16.8. The number of hydrogen-bond donors (Lipinski definition) is 2. The number of nitrogens with two attached hydrogens (primary N) is 1. The van der Waals surface area contributed by atoms with Gasteiger partial charge in [-0.2, -0.15) is 0 Å². The van der Waals surface area contributed by atoms with Crippen LogP contribution in [0.15, 0.2) is 54.6 Å². The van der Waals surface area contributed by atoms with E-state index in [0.717, 1.165) is 10.9 Å². The molecule has 0 amide bonds. The van der Waals surface area contributed by atoms with Crippen molar-refractivity contribution in [1.82, 2.24) is 0 Å². The maximum absolute atomic E-state index is 9.36. The van der Waals surface area contributed by atoms with E-state index in [4.69, 9.17) is 5.73 Å². The van der Waals surface area contributed by atoms with E-state index in [-0.39, 0.29) is 12.6 Å². The molecule has 2 heteroatoms. The van der Waals surface area contributed by atoms with Gasteiger partial charge in [0, 0.05) is 0 Å². The lowest BCUT2D eigenvalue weighted by molar-refractivity contribution is 0.268. The van der Waals surface area contributed by atoms with Gasteiger partial charge in [0.1, 0.15) is 0 Å². The van der Waals surface area contributed by atoms with Gasteiger partial charge in [0.15, 0.2) is 0 Å². The lowest BCUT2D eigenvalue weighted by Gasteiger charge is -2.16. The van der Waals surface area contributed by atoms with Crippen LogP contribution >= 0.6 is 0 Å². The Morgan fingerprint density at radius 1 is 0.800 bits per heavy atom. The van der Waals surface area contributed by atoms with E-state index in [1.807, 2.05) is 6.07 Å². The largest absolute Gasteiger partial charge is 0.394 e. The molecule has 1 atom stereocenters. The van der Waals surface area contributed by atoms with Crippen molar-refractivity contribution >= 4 is 32.3 Å². The van der Waals surface area contributed by atoms with Crippen LogP contribution in [-0.4, -0.2) is 11.7 Å². The first-order chi connectivity index (χ1) is 9.79. The molecule has 0 unspecified atom stereocenters. The van der Waals surface area contributed by atoms with Crippen molar-refractivity contribution in [3.05, 3.63) is 60.2 Å². The van der Waals surface area contributed by atoms with Gasteiger partial charge in [0.05, 0.1) is 12.6 Å². The Morgan fingerprint density at radius 3 is 2.10 bits per heavy atom. The van der Waals surface area contributed by atoms with Gasteiger partial charge in [-0.3, -0.25) is 0 Å². The molecule has 0 saturated heterocycles. The normalized spacial score (nSPS) is 13.5. The third-order valence-electron chi connectivity index (χ3n) is 4.16. The maximum atomic E-state index is 9.36. The van der Waals surface area contributed by atoms with Crippen LogP contribution < -0.4 is 5.73 Å². The maximum Gasteiger partial charge on any atom is 0.0624 e. The molecule has 0 spiro atoms. The average Bonchev–Trinajstić information content (AvgIpc) is 2.51. The minimum atomic E-state index is -0.334. The summed E-state index contributed by atoms with van der Waals surface area (Å²) in [4.78, 5) is 0. The molecule has 0 radical (unpaired) electrons. The van der Waals surface area contributed by atoms with Gasteiger partial charge in [-0.25, -0.2) is 0 Å². The van der Waals surface area contributed by atoms with Crippen LogP contribution in [0.3, 0.4) is 0 Å². The van der Waals surface area contributed by atoms with E-state index in [9.17, 15) is 5.11 Å². The van der Waals surface area contributed by atoms with Crippen molar-refractivity contribution in [3.63, 3.8) is 0 Å². The molecule has 4 aromatic carbocycles. The summed E-state index contributed by atoms with van der Waals surface area (Å²) in [5.41, 5.74) is 7.05. The third-order valence-corrected chi connectivity index (χ3v) is 4.16. The minimum Gasteiger partial charge on any atom is -0.394 e. The second-order valence-electron chi connectivity index (χ2n) is 5.30. The zero-order valence-corrected chi connectivity index (χ0v) is 11.0. The minimum absolute atomic E-state index is 0.0377. The van der Waals surface area contributed by atoms with E-state index >= 15 is 0 Å². The predicted molar refractivity (Wildman–Crippen MR) is 84.2 cm³/mol. The summed E-state index contributed by atoms with van der Waals surface area (Å²) in [6.07, 6.45) is 0. The monoisotopic (exact) mass is 261 g/mol. The van der Waals surface area contributed by atoms with Crippen molar-refractivity contribution in [3.8, 4) is 0 Å². The van der Waals surface area contributed by atoms with Crippen LogP contribution in [0.1, 0.15) is 11.6 Å². The van der Waals surface area contributed by atoms with E-state index < -0.39 is 0 Å². The highest BCUT2D eigenvalue weighted by Crippen LogP contribution is 2.36. The SMILES string of the molecule is N[C@@H](CO)c1ccc2ccc3cccc4ccc1c2c34. The standard InChI is InChI=1S/C18H15NO/c19-16(10-20)14-8-6-13-5-4-11-2-1-3-12-7-9-15(14)18(13)17(11)12/h1-9,16,20H,10,19H2/t16-/m0/s1. The molecule has 3 N–H and O–H groups in total. The van der Waals surface area contributed by atoms with Gasteiger partial charge in [0.2, 0.25) is 0 Å². The molecular formula is C18H15NO. The van der Waals surface area contributed by atoms with Gasteiger partial charge >= 0.3 is 0 Å². The Morgan fingerprint density at radius 2 is 1.40 bits per heavy atom. The molecule has 4 rings (SSSR count). The lowest BCUT2D eigenvalue weighted by atomic mass is 9.90. The van der Waals surface area contributed by atoms with Crippen LogP contribution in [0.5, 0.6) is 0 Å². The molecule has 0 aliphatic rings. The van der Waals surface area contributed by atoms with Crippen molar-refractivity contribution in [2.75, 3.05) is 6.61 Å². The van der Waals surface area contributed by atoms with E-state index in [0.29, 0.717) is 0 Å². The average molecular weight is 261 g/mol. The highest BCUT2D eigenvalue weighted by Gasteiger charge is 2.13. The molecule has 98 valence electrons. The first-order valence-corrected chi connectivity index (χ1v) is 6.82. The van der Waals surface area contributed by atoms with Gasteiger partial charge in [-0.05, 0) is 37.9 Å². The molecule has 0 aliphatic carbocycles. The first-order valence-electron chi connectivity index (χ1n) is 6.82. The molecule has 0 bridgehead atoms. The molecule has 20 heavy (non-hydrogen) atoms. The first kappa shape index (κ1) is 11.6. The lowest BCUT2D eigenvalue weighted by Crippen LogP contribution is -2.14. The van der Waals surface area contributed by atoms with E-state index in [2.05, 4.69) is 48.5 Å². The highest BCUT2D eigenvalue weighted by molar-refractivity contribution is 6.23. The molecule has 0 aromatic heterocycles. The summed E-state index contributed by atoms with van der Waals surface area (Å²) in [7, 11) is 0. The molecule has 4 aromatic rings. The van der Waals surface area contributed by atoms with Crippen LogP contribution in [-0.2, 0) is 0 Å². The Balaban J connectivity index is 2.26. The molecule has 2 nitrogen and oxygen atoms in total. The van der Waals surface area contributed by atoms with Crippen LogP contribution in [0.4, 0.5) is 0 Å². The molecule has 0 fully saturated rings. The van der Waals surface area contributed by atoms with Gasteiger partial charge in [0.25, 0.3) is 0 Å². The zero-order valence-electron chi connectivity index (χ0n) is 11.0. The van der Waals surface area contributed by atoms with E-state index in [1.54, 1.807) is 0 Å². The number of aliphatic hydroxyl groups excluding tert-OH is 1. The molecular weight excluding hydrogens is 246 g/mol. The second kappa shape index (κ2) is 4.17. The number of hydrogen-bond acceptors (Lipinski definition) is 2. The Labute approximate surface area is 116 Å². The number of benzene rings is 4. The van der Waals surface area contributed by atoms with Crippen molar-refractivity contribution in [2.24, 2.45) is 5.73 Å². The van der Waals surface area contributed by atoms with Gasteiger partial charge in [-0.1, -0.05) is 54.6 Å². The van der Waals surface area contributed by atoms with Gasteiger partial charge < -0.3 is 10.8 Å². The molecule has 0 aliphatic heterocycles. The van der Waals surface area contributed by atoms with Crippen LogP contribution in [0.25, 0.3) is 32.3 Å². The van der Waals surface area contributed by atoms with Crippen molar-refractivity contribution in [1.29, 1.82) is 0 Å². The Hall–Kier alpha value is -2.16. The quantitative estimate of drug-likeness (QED) is 0.542. The van der Waals surface area contributed by atoms with Crippen LogP contribution in [0, 0.1) is 0 Å². The summed E-state index contributed by atoms with van der Waals surface area (Å²) in [6.45, 7) is -0.0377. The van der Waals surface area contributed by atoms with Gasteiger partial charge in [-0.15, -0.1) is 0 Å².